The van der Waals surface area contributed by atoms with Crippen LogP contribution in [0.15, 0.2) is 36.7 Å². The smallest absolute Gasteiger partial charge is 0.151 e. The molecular formula is C12H11F2N3. The highest BCUT2D eigenvalue weighted by Crippen LogP contribution is 2.22. The number of nitrogens with two attached hydrogens (primary N) is 1. The summed E-state index contributed by atoms with van der Waals surface area (Å²) in [4.78, 5) is 3.91. The van der Waals surface area contributed by atoms with E-state index in [4.69, 9.17) is 5.73 Å². The average Bonchev–Trinajstić information content (AvgIpc) is 2.29. The van der Waals surface area contributed by atoms with Crippen molar-refractivity contribution in [2.45, 2.75) is 6.54 Å². The third kappa shape index (κ3) is 2.69. The van der Waals surface area contributed by atoms with Crippen LogP contribution in [0.5, 0.6) is 0 Å². The van der Waals surface area contributed by atoms with E-state index < -0.39 is 11.6 Å². The summed E-state index contributed by atoms with van der Waals surface area (Å²) in [6.07, 6.45) is 3.26. The van der Waals surface area contributed by atoms with Crippen LogP contribution in [0.1, 0.15) is 5.56 Å². The largest absolute Gasteiger partial charge is 0.399 e. The first-order valence-corrected chi connectivity index (χ1v) is 5.04. The van der Waals surface area contributed by atoms with Crippen LogP contribution >= 0.6 is 0 Å². The van der Waals surface area contributed by atoms with Crippen molar-refractivity contribution < 1.29 is 8.78 Å². The summed E-state index contributed by atoms with van der Waals surface area (Å²) < 4.78 is 26.8. The summed E-state index contributed by atoms with van der Waals surface area (Å²) in [5.74, 6) is -1.40. The van der Waals surface area contributed by atoms with Crippen LogP contribution in [0.25, 0.3) is 0 Å². The molecule has 3 N–H and O–H groups in total. The number of hydrogen-bond acceptors (Lipinski definition) is 3. The van der Waals surface area contributed by atoms with Crippen LogP contribution in [0.3, 0.4) is 0 Å². The average molecular weight is 235 g/mol. The van der Waals surface area contributed by atoms with Gasteiger partial charge in [0.2, 0.25) is 0 Å². The Morgan fingerprint density at radius 2 is 1.94 bits per heavy atom. The van der Waals surface area contributed by atoms with Gasteiger partial charge in [0.15, 0.2) is 11.6 Å². The van der Waals surface area contributed by atoms with E-state index >= 15 is 0 Å². The van der Waals surface area contributed by atoms with Gasteiger partial charge in [0.05, 0.1) is 0 Å². The van der Waals surface area contributed by atoms with Crippen LogP contribution in [-0.4, -0.2) is 4.98 Å². The van der Waals surface area contributed by atoms with Gasteiger partial charge in [0, 0.05) is 24.6 Å². The fraction of sp³-hybridized carbons (Fsp3) is 0.0833. The molecule has 0 saturated carbocycles. The molecule has 1 aromatic heterocycles. The summed E-state index contributed by atoms with van der Waals surface area (Å²) >= 11 is 0. The Morgan fingerprint density at radius 3 is 2.53 bits per heavy atom. The number of nitrogen functional groups attached to an aromatic ring is 1. The van der Waals surface area contributed by atoms with Gasteiger partial charge >= 0.3 is 0 Å². The van der Waals surface area contributed by atoms with Crippen LogP contribution in [0, 0.1) is 11.6 Å². The van der Waals surface area contributed by atoms with Crippen LogP contribution < -0.4 is 11.1 Å². The fourth-order valence-corrected chi connectivity index (χ4v) is 1.45. The Bertz CT molecular complexity index is 491. The molecule has 2 rings (SSSR count). The molecule has 1 aromatic carbocycles. The second-order valence-electron chi connectivity index (χ2n) is 3.57. The van der Waals surface area contributed by atoms with Crippen LogP contribution in [0.2, 0.25) is 0 Å². The Labute approximate surface area is 97.3 Å². The molecular weight excluding hydrogens is 224 g/mol. The summed E-state index contributed by atoms with van der Waals surface area (Å²) in [5.41, 5.74) is 6.04. The first-order chi connectivity index (χ1) is 8.16. The first-order valence-electron chi connectivity index (χ1n) is 5.04. The van der Waals surface area contributed by atoms with Crippen molar-refractivity contribution in [1.29, 1.82) is 0 Å². The lowest BCUT2D eigenvalue weighted by Gasteiger charge is -2.09. The van der Waals surface area contributed by atoms with Crippen molar-refractivity contribution in [2.24, 2.45) is 0 Å². The van der Waals surface area contributed by atoms with Gasteiger partial charge < -0.3 is 11.1 Å². The minimum absolute atomic E-state index is 0.0620. The van der Waals surface area contributed by atoms with Gasteiger partial charge in [-0.25, -0.2) is 8.78 Å². The monoisotopic (exact) mass is 235 g/mol. The molecule has 0 spiro atoms. The second-order valence-corrected chi connectivity index (χ2v) is 3.57. The Hall–Kier alpha value is -2.17. The highest BCUT2D eigenvalue weighted by molar-refractivity contribution is 5.54. The molecule has 0 radical (unpaired) electrons. The lowest BCUT2D eigenvalue weighted by atomic mass is 10.2. The van der Waals surface area contributed by atoms with Crippen LogP contribution in [0.4, 0.5) is 20.2 Å². The van der Waals surface area contributed by atoms with E-state index in [1.807, 2.05) is 6.07 Å². The quantitative estimate of drug-likeness (QED) is 0.804. The minimum atomic E-state index is -0.702. The van der Waals surface area contributed by atoms with Gasteiger partial charge in [0.1, 0.15) is 5.69 Å². The van der Waals surface area contributed by atoms with E-state index in [9.17, 15) is 8.78 Å². The Kier molecular flexibility index (Phi) is 3.18. The molecule has 0 bridgehead atoms. The number of nitrogens with zero attached hydrogens (tertiary/aromatic N) is 1. The molecule has 5 heteroatoms. The lowest BCUT2D eigenvalue weighted by Crippen LogP contribution is -2.05. The van der Waals surface area contributed by atoms with Crippen molar-refractivity contribution in [2.75, 3.05) is 11.1 Å². The zero-order valence-electron chi connectivity index (χ0n) is 8.95. The molecule has 2 aromatic rings. The molecule has 0 aliphatic rings. The summed E-state index contributed by atoms with van der Waals surface area (Å²) in [6, 6.07) is 5.73. The van der Waals surface area contributed by atoms with E-state index in [-0.39, 0.29) is 11.4 Å². The Morgan fingerprint density at radius 1 is 1.24 bits per heavy atom. The SMILES string of the molecule is Nc1cc(F)c(NCc2cccnc2)c(F)c1. The normalized spacial score (nSPS) is 10.2. The number of anilines is 2. The van der Waals surface area contributed by atoms with Crippen molar-refractivity contribution in [3.63, 3.8) is 0 Å². The minimum Gasteiger partial charge on any atom is -0.399 e. The second kappa shape index (κ2) is 4.78. The van der Waals surface area contributed by atoms with Gasteiger partial charge in [-0.3, -0.25) is 4.98 Å². The Balaban J connectivity index is 2.15. The molecule has 0 aliphatic carbocycles. The van der Waals surface area contributed by atoms with Crippen molar-refractivity contribution in [1.82, 2.24) is 4.98 Å². The molecule has 88 valence electrons. The topological polar surface area (TPSA) is 50.9 Å². The fourth-order valence-electron chi connectivity index (χ4n) is 1.45. The maximum atomic E-state index is 13.4. The zero-order valence-corrected chi connectivity index (χ0v) is 8.95. The first kappa shape index (κ1) is 11.3. The molecule has 3 nitrogen and oxygen atoms in total. The van der Waals surface area contributed by atoms with Gasteiger partial charge in [-0.1, -0.05) is 6.07 Å². The predicted octanol–water partition coefficient (Wildman–Crippen LogP) is 2.55. The highest BCUT2D eigenvalue weighted by atomic mass is 19.1. The third-order valence-corrected chi connectivity index (χ3v) is 2.26. The number of nitrogens with one attached hydrogen (secondary N) is 1. The van der Waals surface area contributed by atoms with E-state index in [0.29, 0.717) is 6.54 Å². The number of hydrogen-bond donors (Lipinski definition) is 2. The lowest BCUT2D eigenvalue weighted by molar-refractivity contribution is 0.589. The van der Waals surface area contributed by atoms with Crippen LogP contribution in [-0.2, 0) is 6.54 Å². The standard InChI is InChI=1S/C12H11F2N3/c13-10-4-9(15)5-11(14)12(10)17-7-8-2-1-3-16-6-8/h1-6,17H,7,15H2. The van der Waals surface area contributed by atoms with Crippen molar-refractivity contribution in [3.8, 4) is 0 Å². The zero-order chi connectivity index (χ0) is 12.3. The molecule has 0 unspecified atom stereocenters. The van der Waals surface area contributed by atoms with E-state index in [1.165, 1.54) is 0 Å². The van der Waals surface area contributed by atoms with E-state index in [2.05, 4.69) is 10.3 Å². The maximum absolute atomic E-state index is 13.4. The molecule has 0 amide bonds. The highest BCUT2D eigenvalue weighted by Gasteiger charge is 2.09. The summed E-state index contributed by atoms with van der Waals surface area (Å²) in [6.45, 7) is 0.297. The molecule has 0 aliphatic heterocycles. The van der Waals surface area contributed by atoms with E-state index in [0.717, 1.165) is 17.7 Å². The molecule has 0 fully saturated rings. The molecule has 0 atom stereocenters. The summed E-state index contributed by atoms with van der Waals surface area (Å²) in [7, 11) is 0. The van der Waals surface area contributed by atoms with Gasteiger partial charge in [-0.15, -0.1) is 0 Å². The molecule has 17 heavy (non-hydrogen) atoms. The summed E-state index contributed by atoms with van der Waals surface area (Å²) in [5, 5.41) is 2.68. The van der Waals surface area contributed by atoms with E-state index in [1.54, 1.807) is 18.5 Å². The van der Waals surface area contributed by atoms with Crippen molar-refractivity contribution >= 4 is 11.4 Å². The number of rotatable bonds is 3. The van der Waals surface area contributed by atoms with Crippen molar-refractivity contribution in [3.05, 3.63) is 53.9 Å². The maximum Gasteiger partial charge on any atom is 0.151 e. The van der Waals surface area contributed by atoms with Gasteiger partial charge in [0.25, 0.3) is 0 Å². The number of halogens is 2. The molecule has 0 saturated heterocycles. The van der Waals surface area contributed by atoms with Gasteiger partial charge in [-0.2, -0.15) is 0 Å². The predicted molar refractivity (Wildman–Crippen MR) is 62.3 cm³/mol. The van der Waals surface area contributed by atoms with Gasteiger partial charge in [-0.05, 0) is 23.8 Å². The number of aromatic nitrogens is 1. The molecule has 1 heterocycles. The number of benzene rings is 1. The third-order valence-electron chi connectivity index (χ3n) is 2.26. The number of pyridine rings is 1.